The highest BCUT2D eigenvalue weighted by molar-refractivity contribution is 7.22. The quantitative estimate of drug-likeness (QED) is 0.777. The minimum Gasteiger partial charge on any atom is -0.298 e. The van der Waals surface area contributed by atoms with Crippen LogP contribution < -0.4 is 5.32 Å². The number of hydrogen-bond acceptors (Lipinski definition) is 4. The third-order valence-corrected chi connectivity index (χ3v) is 3.64. The van der Waals surface area contributed by atoms with Gasteiger partial charge in [0, 0.05) is 18.0 Å². The van der Waals surface area contributed by atoms with E-state index >= 15 is 0 Å². The topological polar surface area (TPSA) is 54.9 Å². The number of aromatic nitrogens is 2. The van der Waals surface area contributed by atoms with E-state index in [-0.39, 0.29) is 5.91 Å². The van der Waals surface area contributed by atoms with Crippen molar-refractivity contribution >= 4 is 32.6 Å². The molecule has 0 unspecified atom stereocenters. The first-order valence-corrected chi connectivity index (χ1v) is 6.62. The lowest BCUT2D eigenvalue weighted by atomic mass is 10.2. The summed E-state index contributed by atoms with van der Waals surface area (Å²) < 4.78 is 1.07. The predicted octanol–water partition coefficient (Wildman–Crippen LogP) is 3.25. The van der Waals surface area contributed by atoms with Crippen LogP contribution in [-0.4, -0.2) is 15.9 Å². The summed E-state index contributed by atoms with van der Waals surface area (Å²) in [6, 6.07) is 9.38. The molecular formula is C14H11N3OS. The summed E-state index contributed by atoms with van der Waals surface area (Å²) in [5.74, 6) is -0.168. The van der Waals surface area contributed by atoms with Crippen molar-refractivity contribution in [2.45, 2.75) is 6.92 Å². The molecule has 0 spiro atoms. The lowest BCUT2D eigenvalue weighted by molar-refractivity contribution is 0.102. The Hall–Kier alpha value is -2.27. The standard InChI is InChI=1S/C14H11N3OS/c1-9-2-3-11-12(8-9)19-14(16-11)17-13(18)10-4-6-15-7-5-10/h2-8H,1H3,(H,16,17,18). The Morgan fingerprint density at radius 1 is 1.21 bits per heavy atom. The molecule has 0 aliphatic rings. The second-order valence-corrected chi connectivity index (χ2v) is 5.21. The van der Waals surface area contributed by atoms with Gasteiger partial charge in [0.15, 0.2) is 5.13 Å². The summed E-state index contributed by atoms with van der Waals surface area (Å²) in [6.07, 6.45) is 3.19. The number of nitrogens with zero attached hydrogens (tertiary/aromatic N) is 2. The number of carbonyl (C=O) groups excluding carboxylic acids is 1. The summed E-state index contributed by atoms with van der Waals surface area (Å²) in [6.45, 7) is 2.04. The summed E-state index contributed by atoms with van der Waals surface area (Å²) in [5.41, 5.74) is 2.66. The van der Waals surface area contributed by atoms with Gasteiger partial charge in [0.25, 0.3) is 5.91 Å². The molecule has 0 fully saturated rings. The lowest BCUT2D eigenvalue weighted by Gasteiger charge is -1.99. The van der Waals surface area contributed by atoms with E-state index in [1.807, 2.05) is 19.1 Å². The monoisotopic (exact) mass is 269 g/mol. The molecule has 0 radical (unpaired) electrons. The first-order valence-electron chi connectivity index (χ1n) is 5.81. The summed E-state index contributed by atoms with van der Waals surface area (Å²) in [4.78, 5) is 20.3. The van der Waals surface area contributed by atoms with Gasteiger partial charge in [-0.25, -0.2) is 4.98 Å². The molecule has 0 atom stereocenters. The predicted molar refractivity (Wildman–Crippen MR) is 76.5 cm³/mol. The van der Waals surface area contributed by atoms with E-state index in [1.54, 1.807) is 24.5 Å². The van der Waals surface area contributed by atoms with Crippen LogP contribution in [0.4, 0.5) is 5.13 Å². The Kier molecular flexibility index (Phi) is 2.97. The average Bonchev–Trinajstić information content (AvgIpc) is 2.81. The third kappa shape index (κ3) is 2.46. The van der Waals surface area contributed by atoms with E-state index in [0.717, 1.165) is 10.2 Å². The molecule has 1 aromatic carbocycles. The Morgan fingerprint density at radius 3 is 2.79 bits per heavy atom. The van der Waals surface area contributed by atoms with Gasteiger partial charge in [0.2, 0.25) is 0 Å². The molecule has 94 valence electrons. The van der Waals surface area contributed by atoms with Crippen molar-refractivity contribution in [2.24, 2.45) is 0 Å². The van der Waals surface area contributed by atoms with Crippen molar-refractivity contribution in [1.82, 2.24) is 9.97 Å². The fraction of sp³-hybridized carbons (Fsp3) is 0.0714. The first-order chi connectivity index (χ1) is 9.22. The minimum atomic E-state index is -0.168. The van der Waals surface area contributed by atoms with Gasteiger partial charge in [-0.3, -0.25) is 15.1 Å². The number of nitrogens with one attached hydrogen (secondary N) is 1. The fourth-order valence-corrected chi connectivity index (χ4v) is 2.72. The van der Waals surface area contributed by atoms with Gasteiger partial charge in [-0.2, -0.15) is 0 Å². The fourth-order valence-electron chi connectivity index (χ4n) is 1.76. The number of thiazole rings is 1. The number of carbonyl (C=O) groups is 1. The van der Waals surface area contributed by atoms with Crippen molar-refractivity contribution in [2.75, 3.05) is 5.32 Å². The van der Waals surface area contributed by atoms with Crippen molar-refractivity contribution in [3.05, 3.63) is 53.9 Å². The molecule has 3 aromatic rings. The number of fused-ring (bicyclic) bond motifs is 1. The Labute approximate surface area is 114 Å². The van der Waals surface area contributed by atoms with Gasteiger partial charge in [-0.05, 0) is 36.8 Å². The smallest absolute Gasteiger partial charge is 0.257 e. The van der Waals surface area contributed by atoms with Crippen LogP contribution in [0.15, 0.2) is 42.7 Å². The van der Waals surface area contributed by atoms with Crippen LogP contribution in [0.1, 0.15) is 15.9 Å². The van der Waals surface area contributed by atoms with Gasteiger partial charge in [-0.15, -0.1) is 0 Å². The average molecular weight is 269 g/mol. The normalized spacial score (nSPS) is 10.6. The largest absolute Gasteiger partial charge is 0.298 e. The molecule has 0 aliphatic heterocycles. The first kappa shape index (κ1) is 11.8. The number of amides is 1. The number of anilines is 1. The van der Waals surface area contributed by atoms with E-state index in [9.17, 15) is 4.79 Å². The molecule has 2 heterocycles. The second kappa shape index (κ2) is 4.78. The van der Waals surface area contributed by atoms with E-state index in [2.05, 4.69) is 21.4 Å². The molecule has 5 heteroatoms. The molecule has 1 N–H and O–H groups in total. The summed E-state index contributed by atoms with van der Waals surface area (Å²) in [7, 11) is 0. The van der Waals surface area contributed by atoms with Crippen LogP contribution in [0.2, 0.25) is 0 Å². The van der Waals surface area contributed by atoms with Gasteiger partial charge >= 0.3 is 0 Å². The summed E-state index contributed by atoms with van der Waals surface area (Å²) >= 11 is 1.48. The Bertz CT molecular complexity index is 737. The molecule has 0 aliphatic carbocycles. The number of pyridine rings is 1. The highest BCUT2D eigenvalue weighted by Gasteiger charge is 2.09. The van der Waals surface area contributed by atoms with E-state index in [0.29, 0.717) is 10.7 Å². The van der Waals surface area contributed by atoms with Gasteiger partial charge < -0.3 is 0 Å². The Balaban J connectivity index is 1.87. The van der Waals surface area contributed by atoms with E-state index in [1.165, 1.54) is 16.9 Å². The maximum absolute atomic E-state index is 12.0. The minimum absolute atomic E-state index is 0.168. The van der Waals surface area contributed by atoms with Crippen molar-refractivity contribution in [3.63, 3.8) is 0 Å². The summed E-state index contributed by atoms with van der Waals surface area (Å²) in [5, 5.41) is 3.42. The van der Waals surface area contributed by atoms with E-state index in [4.69, 9.17) is 0 Å². The number of benzene rings is 1. The van der Waals surface area contributed by atoms with Crippen molar-refractivity contribution in [3.8, 4) is 0 Å². The molecule has 4 nitrogen and oxygen atoms in total. The zero-order valence-electron chi connectivity index (χ0n) is 10.3. The van der Waals surface area contributed by atoms with Crippen LogP contribution >= 0.6 is 11.3 Å². The van der Waals surface area contributed by atoms with Crippen LogP contribution in [0.5, 0.6) is 0 Å². The molecule has 2 aromatic heterocycles. The molecule has 19 heavy (non-hydrogen) atoms. The van der Waals surface area contributed by atoms with E-state index < -0.39 is 0 Å². The molecule has 1 amide bonds. The SMILES string of the molecule is Cc1ccc2nc(NC(=O)c3ccncc3)sc2c1. The van der Waals surface area contributed by atoms with Crippen LogP contribution in [0.25, 0.3) is 10.2 Å². The van der Waals surface area contributed by atoms with Crippen LogP contribution in [0.3, 0.4) is 0 Å². The Morgan fingerprint density at radius 2 is 2.00 bits per heavy atom. The van der Waals surface area contributed by atoms with Gasteiger partial charge in [0.1, 0.15) is 0 Å². The zero-order valence-corrected chi connectivity index (χ0v) is 11.1. The molecule has 3 rings (SSSR count). The highest BCUT2D eigenvalue weighted by Crippen LogP contribution is 2.26. The number of hydrogen-bond donors (Lipinski definition) is 1. The zero-order chi connectivity index (χ0) is 13.2. The van der Waals surface area contributed by atoms with Crippen LogP contribution in [0, 0.1) is 6.92 Å². The molecule has 0 saturated carbocycles. The third-order valence-electron chi connectivity index (χ3n) is 2.71. The molecule has 0 saturated heterocycles. The number of aryl methyl sites for hydroxylation is 1. The molecule has 0 bridgehead atoms. The maximum Gasteiger partial charge on any atom is 0.257 e. The number of rotatable bonds is 2. The van der Waals surface area contributed by atoms with Crippen LogP contribution in [-0.2, 0) is 0 Å². The maximum atomic E-state index is 12.0. The lowest BCUT2D eigenvalue weighted by Crippen LogP contribution is -2.11. The van der Waals surface area contributed by atoms with Gasteiger partial charge in [0.05, 0.1) is 10.2 Å². The highest BCUT2D eigenvalue weighted by atomic mass is 32.1. The van der Waals surface area contributed by atoms with Crippen molar-refractivity contribution in [1.29, 1.82) is 0 Å². The second-order valence-electron chi connectivity index (χ2n) is 4.18. The van der Waals surface area contributed by atoms with Crippen molar-refractivity contribution < 1.29 is 4.79 Å². The molecular weight excluding hydrogens is 258 g/mol. The van der Waals surface area contributed by atoms with Gasteiger partial charge in [-0.1, -0.05) is 17.4 Å².